The molecule has 0 aromatic heterocycles. The number of amides is 1. The SMILES string of the molecule is O=C(O)N1[C@@H](c2ccccc2)COS1(=O)=O. The van der Waals surface area contributed by atoms with Gasteiger partial charge in [-0.15, -0.1) is 0 Å². The summed E-state index contributed by atoms with van der Waals surface area (Å²) in [5, 5.41) is 8.85. The average Bonchev–Trinajstić information content (AvgIpc) is 2.55. The lowest BCUT2D eigenvalue weighted by molar-refractivity contribution is 0.164. The van der Waals surface area contributed by atoms with Crippen molar-refractivity contribution in [3.63, 3.8) is 0 Å². The lowest BCUT2D eigenvalue weighted by Crippen LogP contribution is -2.33. The Morgan fingerprint density at radius 3 is 2.56 bits per heavy atom. The first-order valence-electron chi connectivity index (χ1n) is 4.49. The van der Waals surface area contributed by atoms with Crippen LogP contribution in [0.5, 0.6) is 0 Å². The molecule has 6 nitrogen and oxygen atoms in total. The van der Waals surface area contributed by atoms with Crippen molar-refractivity contribution in [2.75, 3.05) is 6.61 Å². The normalized spacial score (nSPS) is 23.2. The summed E-state index contributed by atoms with van der Waals surface area (Å²) in [5.74, 6) is 0. The molecule has 0 saturated carbocycles. The first kappa shape index (κ1) is 10.9. The van der Waals surface area contributed by atoms with Crippen LogP contribution < -0.4 is 0 Å². The van der Waals surface area contributed by atoms with Gasteiger partial charge in [0.1, 0.15) is 6.04 Å². The minimum Gasteiger partial charge on any atom is -0.464 e. The minimum absolute atomic E-state index is 0.182. The van der Waals surface area contributed by atoms with Crippen molar-refractivity contribution >= 4 is 16.4 Å². The third-order valence-electron chi connectivity index (χ3n) is 2.27. The molecular weight excluding hydrogens is 234 g/mol. The van der Waals surface area contributed by atoms with Crippen molar-refractivity contribution in [3.8, 4) is 0 Å². The maximum Gasteiger partial charge on any atom is 0.423 e. The molecule has 0 radical (unpaired) electrons. The summed E-state index contributed by atoms with van der Waals surface area (Å²) in [7, 11) is -4.15. The maximum atomic E-state index is 11.3. The first-order chi connectivity index (χ1) is 7.52. The predicted octanol–water partition coefficient (Wildman–Crippen LogP) is 0.983. The Bertz CT molecular complexity index is 498. The molecule has 1 fully saturated rings. The van der Waals surface area contributed by atoms with Crippen LogP contribution in [0.25, 0.3) is 0 Å². The standard InChI is InChI=1S/C9H9NO5S/c11-9(12)10-8(6-15-16(10,13)14)7-4-2-1-3-5-7/h1-5,8H,6H2,(H,11,12)/t8-/m1/s1. The molecule has 0 aliphatic carbocycles. The summed E-state index contributed by atoms with van der Waals surface area (Å²) in [6.45, 7) is -0.182. The van der Waals surface area contributed by atoms with Crippen LogP contribution in [-0.4, -0.2) is 30.5 Å². The van der Waals surface area contributed by atoms with Gasteiger partial charge < -0.3 is 5.11 Å². The Morgan fingerprint density at radius 1 is 1.38 bits per heavy atom. The fraction of sp³-hybridized carbons (Fsp3) is 0.222. The molecule has 1 heterocycles. The number of hydrogen-bond donors (Lipinski definition) is 1. The summed E-state index contributed by atoms with van der Waals surface area (Å²) in [5.41, 5.74) is 0.589. The van der Waals surface area contributed by atoms with Crippen molar-refractivity contribution in [1.29, 1.82) is 0 Å². The average molecular weight is 243 g/mol. The van der Waals surface area contributed by atoms with E-state index >= 15 is 0 Å². The number of hydrogen-bond acceptors (Lipinski definition) is 4. The van der Waals surface area contributed by atoms with Crippen LogP contribution in [0.4, 0.5) is 4.79 Å². The Kier molecular flexibility index (Phi) is 2.56. The van der Waals surface area contributed by atoms with Gasteiger partial charge in [-0.2, -0.15) is 12.7 Å². The van der Waals surface area contributed by atoms with E-state index < -0.39 is 22.4 Å². The highest BCUT2D eigenvalue weighted by atomic mass is 32.2. The zero-order valence-electron chi connectivity index (χ0n) is 8.11. The highest BCUT2D eigenvalue weighted by molar-refractivity contribution is 7.85. The summed E-state index contributed by atoms with van der Waals surface area (Å²) in [6.07, 6.45) is -1.54. The number of carbonyl (C=O) groups is 1. The van der Waals surface area contributed by atoms with E-state index in [0.29, 0.717) is 9.87 Å². The second kappa shape index (κ2) is 3.76. The molecule has 2 rings (SSSR count). The fourth-order valence-electron chi connectivity index (χ4n) is 1.57. The molecule has 1 aromatic carbocycles. The molecule has 1 aliphatic rings. The van der Waals surface area contributed by atoms with E-state index in [4.69, 9.17) is 5.11 Å². The molecule has 1 aliphatic heterocycles. The van der Waals surface area contributed by atoms with Crippen molar-refractivity contribution in [2.24, 2.45) is 0 Å². The van der Waals surface area contributed by atoms with Gasteiger partial charge in [0.05, 0.1) is 6.61 Å². The van der Waals surface area contributed by atoms with Crippen molar-refractivity contribution in [3.05, 3.63) is 35.9 Å². The van der Waals surface area contributed by atoms with Gasteiger partial charge in [-0.3, -0.25) is 4.18 Å². The van der Waals surface area contributed by atoms with Gasteiger partial charge in [0.15, 0.2) is 0 Å². The van der Waals surface area contributed by atoms with E-state index in [1.54, 1.807) is 30.3 Å². The molecular formula is C9H9NO5S. The summed E-state index contributed by atoms with van der Waals surface area (Å²) >= 11 is 0. The Morgan fingerprint density at radius 2 is 2.00 bits per heavy atom. The van der Waals surface area contributed by atoms with Crippen molar-refractivity contribution in [2.45, 2.75) is 6.04 Å². The van der Waals surface area contributed by atoms with Gasteiger partial charge in [0, 0.05) is 0 Å². The molecule has 1 N–H and O–H groups in total. The minimum atomic E-state index is -4.15. The van der Waals surface area contributed by atoms with E-state index in [0.717, 1.165) is 0 Å². The van der Waals surface area contributed by atoms with E-state index in [9.17, 15) is 13.2 Å². The van der Waals surface area contributed by atoms with Crippen LogP contribution in [0.15, 0.2) is 30.3 Å². The molecule has 1 saturated heterocycles. The fourth-order valence-corrected chi connectivity index (χ4v) is 2.67. The molecule has 1 aromatic rings. The Hall–Kier alpha value is -1.60. The number of nitrogens with zero attached hydrogens (tertiary/aromatic N) is 1. The third-order valence-corrected chi connectivity index (χ3v) is 3.60. The zero-order chi connectivity index (χ0) is 11.8. The van der Waals surface area contributed by atoms with Gasteiger partial charge in [-0.25, -0.2) is 4.79 Å². The molecule has 0 spiro atoms. The molecule has 0 unspecified atom stereocenters. The quantitative estimate of drug-likeness (QED) is 0.794. The molecule has 16 heavy (non-hydrogen) atoms. The molecule has 1 atom stereocenters. The number of benzene rings is 1. The zero-order valence-corrected chi connectivity index (χ0v) is 8.92. The van der Waals surface area contributed by atoms with Crippen LogP contribution in [-0.2, 0) is 14.5 Å². The summed E-state index contributed by atoms with van der Waals surface area (Å²) < 4.78 is 27.5. The lowest BCUT2D eigenvalue weighted by Gasteiger charge is -2.17. The van der Waals surface area contributed by atoms with Crippen LogP contribution in [0, 0.1) is 0 Å². The lowest BCUT2D eigenvalue weighted by atomic mass is 10.1. The molecule has 7 heteroatoms. The van der Waals surface area contributed by atoms with Gasteiger partial charge in [-0.05, 0) is 5.56 Å². The second-order valence-corrected chi connectivity index (χ2v) is 4.73. The van der Waals surface area contributed by atoms with E-state index in [1.165, 1.54) is 0 Å². The monoisotopic (exact) mass is 243 g/mol. The second-order valence-electron chi connectivity index (χ2n) is 3.25. The van der Waals surface area contributed by atoms with Crippen molar-refractivity contribution in [1.82, 2.24) is 4.31 Å². The largest absolute Gasteiger partial charge is 0.464 e. The molecule has 0 bridgehead atoms. The maximum absolute atomic E-state index is 11.3. The van der Waals surface area contributed by atoms with Crippen LogP contribution >= 0.6 is 0 Å². The summed E-state index contributed by atoms with van der Waals surface area (Å²) in [6, 6.07) is 7.69. The first-order valence-corrected chi connectivity index (χ1v) is 5.85. The van der Waals surface area contributed by atoms with Gasteiger partial charge >= 0.3 is 16.4 Å². The highest BCUT2D eigenvalue weighted by Gasteiger charge is 2.43. The van der Waals surface area contributed by atoms with E-state index in [2.05, 4.69) is 4.18 Å². The smallest absolute Gasteiger partial charge is 0.423 e. The van der Waals surface area contributed by atoms with Crippen molar-refractivity contribution < 1.29 is 22.5 Å². The van der Waals surface area contributed by atoms with E-state index in [1.807, 2.05) is 0 Å². The predicted molar refractivity (Wildman–Crippen MR) is 53.9 cm³/mol. The summed E-state index contributed by atoms with van der Waals surface area (Å²) in [4.78, 5) is 10.9. The molecule has 86 valence electrons. The van der Waals surface area contributed by atoms with Crippen LogP contribution in [0.1, 0.15) is 11.6 Å². The van der Waals surface area contributed by atoms with Gasteiger partial charge in [0.2, 0.25) is 0 Å². The van der Waals surface area contributed by atoms with E-state index in [-0.39, 0.29) is 6.61 Å². The number of carboxylic acid groups (broad SMARTS) is 1. The third kappa shape index (κ3) is 1.74. The molecule has 1 amide bonds. The Balaban J connectivity index is 2.41. The van der Waals surface area contributed by atoms with Crippen LogP contribution in [0.2, 0.25) is 0 Å². The highest BCUT2D eigenvalue weighted by Crippen LogP contribution is 2.31. The Labute approximate surface area is 92.3 Å². The van der Waals surface area contributed by atoms with Crippen LogP contribution in [0.3, 0.4) is 0 Å². The van der Waals surface area contributed by atoms with Gasteiger partial charge in [-0.1, -0.05) is 30.3 Å². The van der Waals surface area contributed by atoms with Gasteiger partial charge in [0.25, 0.3) is 0 Å². The topological polar surface area (TPSA) is 83.9 Å². The number of rotatable bonds is 1.